The van der Waals surface area contributed by atoms with Crippen LogP contribution in [0.25, 0.3) is 10.8 Å². The van der Waals surface area contributed by atoms with Gasteiger partial charge in [-0.3, -0.25) is 14.4 Å². The maximum Gasteiger partial charge on any atom is 0.258 e. The molecule has 7 heteroatoms. The zero-order chi connectivity index (χ0) is 28.9. The Bertz CT molecular complexity index is 1570. The summed E-state index contributed by atoms with van der Waals surface area (Å²) in [5.74, 6) is -0.329. The summed E-state index contributed by atoms with van der Waals surface area (Å²) < 4.78 is 0.912. The van der Waals surface area contributed by atoms with Gasteiger partial charge in [-0.05, 0) is 61.0 Å². The number of nitrogens with one attached hydrogen (secondary N) is 1. The lowest BCUT2D eigenvalue weighted by Crippen LogP contribution is -2.51. The standard InChI is InChI=1S/C34H34BrN3O3/c1-23(2)36-33(40)30(21-24-10-4-3-5-11-24)38(22-25-12-6-15-27(35)20-25)31(39)18-9-19-37-29-17-8-14-26-13-7-16-28(32(26)29)34(37)41/h3-8,10-17,20,23,30H,9,18-19,21-22H2,1-2H3,(H,36,40)/t30-/m1/s1. The molecule has 0 fully saturated rings. The molecule has 0 saturated heterocycles. The van der Waals surface area contributed by atoms with Gasteiger partial charge >= 0.3 is 0 Å². The van der Waals surface area contributed by atoms with Gasteiger partial charge in [0.1, 0.15) is 6.04 Å². The zero-order valence-electron chi connectivity index (χ0n) is 23.3. The van der Waals surface area contributed by atoms with Crippen LogP contribution >= 0.6 is 15.9 Å². The monoisotopic (exact) mass is 611 g/mol. The van der Waals surface area contributed by atoms with Gasteiger partial charge in [-0.2, -0.15) is 0 Å². The van der Waals surface area contributed by atoms with Gasteiger partial charge in [0.2, 0.25) is 11.8 Å². The molecule has 1 aliphatic heterocycles. The Balaban J connectivity index is 1.37. The SMILES string of the molecule is CC(C)NC(=O)[C@@H](Cc1ccccc1)N(Cc1cccc(Br)c1)C(=O)CCCN1C(=O)c2cccc3cccc1c23. The van der Waals surface area contributed by atoms with Crippen molar-refractivity contribution >= 4 is 50.1 Å². The van der Waals surface area contributed by atoms with Crippen molar-refractivity contribution < 1.29 is 14.4 Å². The largest absolute Gasteiger partial charge is 0.352 e. The summed E-state index contributed by atoms with van der Waals surface area (Å²) in [6.07, 6.45) is 1.10. The number of anilines is 1. The summed E-state index contributed by atoms with van der Waals surface area (Å²) in [5, 5.41) is 5.03. The van der Waals surface area contributed by atoms with E-state index in [1.165, 1.54) is 0 Å². The van der Waals surface area contributed by atoms with Crippen molar-refractivity contribution in [2.24, 2.45) is 0 Å². The van der Waals surface area contributed by atoms with Gasteiger partial charge in [0.05, 0.1) is 5.69 Å². The summed E-state index contributed by atoms with van der Waals surface area (Å²) in [5.41, 5.74) is 3.51. The first-order chi connectivity index (χ1) is 19.8. The van der Waals surface area contributed by atoms with E-state index in [0.717, 1.165) is 32.1 Å². The van der Waals surface area contributed by atoms with E-state index in [2.05, 4.69) is 21.2 Å². The molecule has 1 N–H and O–H groups in total. The number of rotatable bonds is 11. The zero-order valence-corrected chi connectivity index (χ0v) is 24.9. The van der Waals surface area contributed by atoms with Crippen LogP contribution in [-0.2, 0) is 22.6 Å². The van der Waals surface area contributed by atoms with Crippen molar-refractivity contribution in [2.45, 2.75) is 51.7 Å². The molecule has 0 aromatic heterocycles. The summed E-state index contributed by atoms with van der Waals surface area (Å²) in [4.78, 5) is 44.2. The van der Waals surface area contributed by atoms with Crippen LogP contribution in [0.1, 0.15) is 48.2 Å². The van der Waals surface area contributed by atoms with Crippen LogP contribution in [0.5, 0.6) is 0 Å². The number of carbonyl (C=O) groups is 3. The lowest BCUT2D eigenvalue weighted by molar-refractivity contribution is -0.141. The predicted molar refractivity (Wildman–Crippen MR) is 167 cm³/mol. The highest BCUT2D eigenvalue weighted by Crippen LogP contribution is 2.37. The molecule has 0 aliphatic carbocycles. The Morgan fingerprint density at radius 1 is 0.902 bits per heavy atom. The Morgan fingerprint density at radius 2 is 1.61 bits per heavy atom. The number of nitrogens with zero attached hydrogens (tertiary/aromatic N) is 2. The molecule has 4 aromatic rings. The molecule has 1 atom stereocenters. The average molecular weight is 613 g/mol. The molecule has 0 saturated carbocycles. The number of amides is 3. The minimum Gasteiger partial charge on any atom is -0.352 e. The predicted octanol–water partition coefficient (Wildman–Crippen LogP) is 6.51. The third-order valence-electron chi connectivity index (χ3n) is 7.37. The minimum atomic E-state index is -0.683. The van der Waals surface area contributed by atoms with Crippen LogP contribution < -0.4 is 10.2 Å². The Hall–Kier alpha value is -3.97. The molecular weight excluding hydrogens is 578 g/mol. The summed E-state index contributed by atoms with van der Waals surface area (Å²) in [6, 6.07) is 28.6. The van der Waals surface area contributed by atoms with E-state index in [9.17, 15) is 14.4 Å². The second kappa shape index (κ2) is 12.7. The van der Waals surface area contributed by atoms with Gasteiger partial charge in [0, 0.05) is 47.4 Å². The van der Waals surface area contributed by atoms with E-state index in [4.69, 9.17) is 0 Å². The second-order valence-corrected chi connectivity index (χ2v) is 11.7. The summed E-state index contributed by atoms with van der Waals surface area (Å²) in [6.45, 7) is 4.56. The van der Waals surface area contributed by atoms with Crippen LogP contribution in [0.2, 0.25) is 0 Å². The van der Waals surface area contributed by atoms with Gasteiger partial charge in [-0.25, -0.2) is 0 Å². The maximum atomic E-state index is 13.9. The third-order valence-corrected chi connectivity index (χ3v) is 7.86. The topological polar surface area (TPSA) is 69.7 Å². The maximum absolute atomic E-state index is 13.9. The van der Waals surface area contributed by atoms with E-state index in [1.807, 2.05) is 105 Å². The van der Waals surface area contributed by atoms with Crippen LogP contribution in [-0.4, -0.2) is 41.2 Å². The average Bonchev–Trinajstić information content (AvgIpc) is 3.23. The van der Waals surface area contributed by atoms with E-state index in [-0.39, 0.29) is 30.2 Å². The van der Waals surface area contributed by atoms with Crippen molar-refractivity contribution in [3.63, 3.8) is 0 Å². The lowest BCUT2D eigenvalue weighted by atomic mass is 10.0. The van der Waals surface area contributed by atoms with Crippen LogP contribution in [0.3, 0.4) is 0 Å². The van der Waals surface area contributed by atoms with Crippen molar-refractivity contribution in [1.29, 1.82) is 0 Å². The molecule has 5 rings (SSSR count). The molecule has 41 heavy (non-hydrogen) atoms. The first kappa shape index (κ1) is 28.6. The van der Waals surface area contributed by atoms with E-state index < -0.39 is 6.04 Å². The molecule has 0 spiro atoms. The van der Waals surface area contributed by atoms with Crippen molar-refractivity contribution in [3.05, 3.63) is 112 Å². The Labute approximate surface area is 249 Å². The minimum absolute atomic E-state index is 0.0338. The van der Waals surface area contributed by atoms with Gasteiger partial charge in [0.25, 0.3) is 5.91 Å². The Morgan fingerprint density at radius 3 is 2.34 bits per heavy atom. The second-order valence-electron chi connectivity index (χ2n) is 10.8. The third kappa shape index (κ3) is 6.51. The van der Waals surface area contributed by atoms with Gasteiger partial charge in [-0.1, -0.05) is 82.7 Å². The summed E-state index contributed by atoms with van der Waals surface area (Å²) in [7, 11) is 0. The molecule has 210 valence electrons. The molecule has 4 aromatic carbocycles. The fourth-order valence-electron chi connectivity index (χ4n) is 5.50. The van der Waals surface area contributed by atoms with Gasteiger partial charge in [0.15, 0.2) is 0 Å². The molecular formula is C34H34BrN3O3. The van der Waals surface area contributed by atoms with Crippen LogP contribution in [0.4, 0.5) is 5.69 Å². The molecule has 1 heterocycles. The Kier molecular flexibility index (Phi) is 8.84. The number of halogens is 1. The smallest absolute Gasteiger partial charge is 0.258 e. The van der Waals surface area contributed by atoms with E-state index in [1.54, 1.807) is 9.80 Å². The molecule has 3 amide bonds. The molecule has 0 radical (unpaired) electrons. The number of hydrogen-bond donors (Lipinski definition) is 1. The molecule has 0 bridgehead atoms. The van der Waals surface area contributed by atoms with Crippen molar-refractivity contribution in [2.75, 3.05) is 11.4 Å². The van der Waals surface area contributed by atoms with Gasteiger partial charge in [-0.15, -0.1) is 0 Å². The molecule has 6 nitrogen and oxygen atoms in total. The fraction of sp³-hybridized carbons (Fsp3) is 0.265. The number of hydrogen-bond acceptors (Lipinski definition) is 3. The highest BCUT2D eigenvalue weighted by Gasteiger charge is 2.32. The fourth-order valence-corrected chi connectivity index (χ4v) is 5.95. The first-order valence-corrected chi connectivity index (χ1v) is 14.8. The summed E-state index contributed by atoms with van der Waals surface area (Å²) >= 11 is 3.53. The van der Waals surface area contributed by atoms with E-state index >= 15 is 0 Å². The highest BCUT2D eigenvalue weighted by atomic mass is 79.9. The van der Waals surface area contributed by atoms with Gasteiger partial charge < -0.3 is 15.1 Å². The number of benzene rings is 4. The van der Waals surface area contributed by atoms with Crippen LogP contribution in [0.15, 0.2) is 95.5 Å². The van der Waals surface area contributed by atoms with E-state index in [0.29, 0.717) is 31.5 Å². The molecule has 1 aliphatic rings. The lowest BCUT2D eigenvalue weighted by Gasteiger charge is -2.32. The first-order valence-electron chi connectivity index (χ1n) is 14.0. The normalized spacial score (nSPS) is 13.1. The van der Waals surface area contributed by atoms with Crippen molar-refractivity contribution in [1.82, 2.24) is 10.2 Å². The van der Waals surface area contributed by atoms with Crippen molar-refractivity contribution in [3.8, 4) is 0 Å². The van der Waals surface area contributed by atoms with Crippen LogP contribution in [0, 0.1) is 0 Å². The number of carbonyl (C=O) groups excluding carboxylic acids is 3. The highest BCUT2D eigenvalue weighted by molar-refractivity contribution is 9.10. The quantitative estimate of drug-likeness (QED) is 0.210. The molecule has 0 unspecified atom stereocenters.